The van der Waals surface area contributed by atoms with Gasteiger partial charge in [-0.15, -0.1) is 0 Å². The summed E-state index contributed by atoms with van der Waals surface area (Å²) in [6, 6.07) is 12.5. The molecule has 0 bridgehead atoms. The number of ketones is 1. The van der Waals surface area contributed by atoms with E-state index in [4.69, 9.17) is 0 Å². The number of benzene rings is 2. The number of hydrogen-bond donors (Lipinski definition) is 1. The first kappa shape index (κ1) is 16.1. The summed E-state index contributed by atoms with van der Waals surface area (Å²) in [6.07, 6.45) is 2.85. The number of nitro groups is 1. The van der Waals surface area contributed by atoms with Crippen molar-refractivity contribution in [3.05, 3.63) is 75.8 Å². The molecule has 0 spiro atoms. The molecule has 2 rings (SSSR count). The van der Waals surface area contributed by atoms with Crippen LogP contribution >= 0.6 is 0 Å². The van der Waals surface area contributed by atoms with Gasteiger partial charge < -0.3 is 5.32 Å². The van der Waals surface area contributed by atoms with E-state index in [0.717, 1.165) is 0 Å². The van der Waals surface area contributed by atoms with Crippen molar-refractivity contribution in [1.82, 2.24) is 0 Å². The van der Waals surface area contributed by atoms with E-state index in [1.165, 1.54) is 31.2 Å². The standard InChI is InChI=1S/C17H14N2O4/c1-12(20)18-15-6-3-5-14(11-15)17(21)9-8-13-4-2-7-16(10-13)19(22)23/h2-11H,1H3,(H,18,20)/b9-8+. The molecule has 6 nitrogen and oxygen atoms in total. The van der Waals surface area contributed by atoms with Crippen molar-refractivity contribution in [2.45, 2.75) is 6.92 Å². The SMILES string of the molecule is CC(=O)Nc1cccc(C(=O)/C=C/c2cccc([N+](=O)[O-])c2)c1. The number of non-ortho nitro benzene ring substituents is 1. The topological polar surface area (TPSA) is 89.3 Å². The Hall–Kier alpha value is -3.28. The third kappa shape index (κ3) is 4.60. The average Bonchev–Trinajstić information content (AvgIpc) is 2.52. The van der Waals surface area contributed by atoms with Gasteiger partial charge in [-0.3, -0.25) is 19.7 Å². The first-order valence-electron chi connectivity index (χ1n) is 6.80. The lowest BCUT2D eigenvalue weighted by Gasteiger charge is -2.03. The zero-order valence-corrected chi connectivity index (χ0v) is 12.4. The van der Waals surface area contributed by atoms with Crippen LogP contribution in [-0.4, -0.2) is 16.6 Å². The van der Waals surface area contributed by atoms with Crippen molar-refractivity contribution in [2.75, 3.05) is 5.32 Å². The maximum absolute atomic E-state index is 12.1. The second kappa shape index (κ2) is 7.13. The van der Waals surface area contributed by atoms with E-state index in [2.05, 4.69) is 5.32 Å². The largest absolute Gasteiger partial charge is 0.326 e. The van der Waals surface area contributed by atoms with Gasteiger partial charge in [0, 0.05) is 30.3 Å². The van der Waals surface area contributed by atoms with Gasteiger partial charge in [0.05, 0.1) is 4.92 Å². The van der Waals surface area contributed by atoms with Crippen molar-refractivity contribution >= 4 is 29.1 Å². The number of rotatable bonds is 5. The minimum absolute atomic E-state index is 0.0349. The molecule has 0 saturated carbocycles. The van der Waals surface area contributed by atoms with Crippen LogP contribution in [0.3, 0.4) is 0 Å². The fraction of sp³-hybridized carbons (Fsp3) is 0.0588. The minimum atomic E-state index is -0.490. The summed E-state index contributed by atoms with van der Waals surface area (Å²) in [5, 5.41) is 13.3. The van der Waals surface area contributed by atoms with E-state index in [9.17, 15) is 19.7 Å². The van der Waals surface area contributed by atoms with Crippen LogP contribution < -0.4 is 5.32 Å². The highest BCUT2D eigenvalue weighted by Crippen LogP contribution is 2.15. The number of carbonyl (C=O) groups is 2. The first-order chi connectivity index (χ1) is 11.0. The Morgan fingerprint density at radius 2 is 1.87 bits per heavy atom. The third-order valence-corrected chi connectivity index (χ3v) is 2.98. The van der Waals surface area contributed by atoms with Crippen molar-refractivity contribution in [2.24, 2.45) is 0 Å². The van der Waals surface area contributed by atoms with Crippen molar-refractivity contribution in [1.29, 1.82) is 0 Å². The molecule has 116 valence electrons. The van der Waals surface area contributed by atoms with Crippen LogP contribution in [-0.2, 0) is 4.79 Å². The molecule has 0 aliphatic carbocycles. The average molecular weight is 310 g/mol. The summed E-state index contributed by atoms with van der Waals surface area (Å²) in [5.41, 5.74) is 1.47. The Bertz CT molecular complexity index is 797. The molecule has 0 radical (unpaired) electrons. The molecule has 23 heavy (non-hydrogen) atoms. The van der Waals surface area contributed by atoms with Crippen LogP contribution in [0.4, 0.5) is 11.4 Å². The first-order valence-corrected chi connectivity index (χ1v) is 6.80. The van der Waals surface area contributed by atoms with Crippen molar-refractivity contribution < 1.29 is 14.5 Å². The van der Waals surface area contributed by atoms with Gasteiger partial charge in [0.25, 0.3) is 5.69 Å². The summed E-state index contributed by atoms with van der Waals surface area (Å²) in [4.78, 5) is 33.4. The Morgan fingerprint density at radius 3 is 2.57 bits per heavy atom. The summed E-state index contributed by atoms with van der Waals surface area (Å²) >= 11 is 0. The number of amides is 1. The van der Waals surface area contributed by atoms with Crippen molar-refractivity contribution in [3.8, 4) is 0 Å². The lowest BCUT2D eigenvalue weighted by atomic mass is 10.1. The monoisotopic (exact) mass is 310 g/mol. The number of carbonyl (C=O) groups excluding carboxylic acids is 2. The molecule has 2 aromatic carbocycles. The smallest absolute Gasteiger partial charge is 0.270 e. The summed E-state index contributed by atoms with van der Waals surface area (Å²) in [5.74, 6) is -0.481. The molecule has 0 heterocycles. The van der Waals surface area contributed by atoms with Crippen LogP contribution in [0.5, 0.6) is 0 Å². The lowest BCUT2D eigenvalue weighted by molar-refractivity contribution is -0.384. The van der Waals surface area contributed by atoms with E-state index in [0.29, 0.717) is 16.8 Å². The summed E-state index contributed by atoms with van der Waals surface area (Å²) < 4.78 is 0. The zero-order chi connectivity index (χ0) is 16.8. The van der Waals surface area contributed by atoms with Gasteiger partial charge in [-0.05, 0) is 23.8 Å². The van der Waals surface area contributed by atoms with Gasteiger partial charge in [0.1, 0.15) is 0 Å². The van der Waals surface area contributed by atoms with Crippen LogP contribution in [0.15, 0.2) is 54.6 Å². The van der Waals surface area contributed by atoms with Gasteiger partial charge in [0.2, 0.25) is 5.91 Å². The van der Waals surface area contributed by atoms with Gasteiger partial charge in [-0.25, -0.2) is 0 Å². The predicted octanol–water partition coefficient (Wildman–Crippen LogP) is 3.45. The maximum atomic E-state index is 12.1. The Balaban J connectivity index is 2.17. The molecular weight excluding hydrogens is 296 g/mol. The number of nitrogens with one attached hydrogen (secondary N) is 1. The molecule has 0 aliphatic heterocycles. The molecule has 0 atom stereocenters. The summed E-state index contributed by atoms with van der Waals surface area (Å²) in [6.45, 7) is 1.39. The second-order valence-corrected chi connectivity index (χ2v) is 4.81. The van der Waals surface area contributed by atoms with Crippen molar-refractivity contribution in [3.63, 3.8) is 0 Å². The van der Waals surface area contributed by atoms with Gasteiger partial charge in [-0.1, -0.05) is 30.3 Å². The van der Waals surface area contributed by atoms with E-state index < -0.39 is 4.92 Å². The van der Waals surface area contributed by atoms with E-state index in [1.807, 2.05) is 0 Å². The van der Waals surface area contributed by atoms with E-state index in [-0.39, 0.29) is 17.4 Å². The minimum Gasteiger partial charge on any atom is -0.326 e. The van der Waals surface area contributed by atoms with Gasteiger partial charge in [-0.2, -0.15) is 0 Å². The number of nitro benzene ring substituents is 1. The molecule has 1 N–H and O–H groups in total. The Labute approximate surface area is 132 Å². The normalized spacial score (nSPS) is 10.5. The highest BCUT2D eigenvalue weighted by molar-refractivity contribution is 6.07. The molecule has 0 saturated heterocycles. The number of anilines is 1. The summed E-state index contributed by atoms with van der Waals surface area (Å²) in [7, 11) is 0. The maximum Gasteiger partial charge on any atom is 0.270 e. The molecule has 2 aromatic rings. The highest BCUT2D eigenvalue weighted by Gasteiger charge is 2.06. The van der Waals surface area contributed by atoms with Gasteiger partial charge in [0.15, 0.2) is 5.78 Å². The molecule has 0 aliphatic rings. The van der Waals surface area contributed by atoms with E-state index >= 15 is 0 Å². The fourth-order valence-electron chi connectivity index (χ4n) is 1.96. The zero-order valence-electron chi connectivity index (χ0n) is 12.4. The predicted molar refractivity (Wildman–Crippen MR) is 87.2 cm³/mol. The lowest BCUT2D eigenvalue weighted by Crippen LogP contribution is -2.06. The number of nitrogens with zero attached hydrogens (tertiary/aromatic N) is 1. The van der Waals surface area contributed by atoms with Crippen LogP contribution in [0.25, 0.3) is 6.08 Å². The van der Waals surface area contributed by atoms with Crippen LogP contribution in [0.1, 0.15) is 22.8 Å². The molecule has 0 fully saturated rings. The molecule has 0 aromatic heterocycles. The highest BCUT2D eigenvalue weighted by atomic mass is 16.6. The Morgan fingerprint density at radius 1 is 1.13 bits per heavy atom. The fourth-order valence-corrected chi connectivity index (χ4v) is 1.96. The van der Waals surface area contributed by atoms with Crippen LogP contribution in [0, 0.1) is 10.1 Å². The number of hydrogen-bond acceptors (Lipinski definition) is 4. The van der Waals surface area contributed by atoms with E-state index in [1.54, 1.807) is 36.4 Å². The Kier molecular flexibility index (Phi) is 4.99. The number of allylic oxidation sites excluding steroid dienone is 1. The van der Waals surface area contributed by atoms with Gasteiger partial charge >= 0.3 is 0 Å². The molecule has 6 heteroatoms. The quantitative estimate of drug-likeness (QED) is 0.396. The molecule has 1 amide bonds. The third-order valence-electron chi connectivity index (χ3n) is 2.98. The molecular formula is C17H14N2O4. The van der Waals surface area contributed by atoms with Crippen LogP contribution in [0.2, 0.25) is 0 Å². The molecule has 0 unspecified atom stereocenters. The second-order valence-electron chi connectivity index (χ2n) is 4.81.